The minimum atomic E-state index is -0.518. The van der Waals surface area contributed by atoms with Crippen LogP contribution in [0.5, 0.6) is 0 Å². The van der Waals surface area contributed by atoms with E-state index in [2.05, 4.69) is 56.3 Å². The first-order valence-corrected chi connectivity index (χ1v) is 7.76. The van der Waals surface area contributed by atoms with Crippen molar-refractivity contribution in [3.8, 4) is 0 Å². The molecular weight excluding hydrogens is 244 g/mol. The highest BCUT2D eigenvalue weighted by Crippen LogP contribution is 2.38. The second-order valence-corrected chi connectivity index (χ2v) is 6.74. The molecule has 1 N–H and O–H groups in total. The third kappa shape index (κ3) is 2.60. The fraction of sp³-hybridized carbons (Fsp3) is 0.474. The number of aliphatic hydroxyl groups is 1. The standard InChI is InChI=1S/C19H24O/c1-14-10-11-19(20,12-15(14)2)13-17-8-5-7-16-6-3-4-9-18(16)17/h3-9,14-15,20H,10-13H2,1-2H3. The van der Waals surface area contributed by atoms with Crippen LogP contribution in [0.3, 0.4) is 0 Å². The van der Waals surface area contributed by atoms with Gasteiger partial charge in [-0.3, -0.25) is 0 Å². The van der Waals surface area contributed by atoms with E-state index in [1.807, 2.05) is 0 Å². The molecule has 1 nitrogen and oxygen atoms in total. The molecule has 0 aromatic heterocycles. The van der Waals surface area contributed by atoms with Gasteiger partial charge < -0.3 is 5.11 Å². The third-order valence-electron chi connectivity index (χ3n) is 5.14. The molecule has 1 aliphatic carbocycles. The smallest absolute Gasteiger partial charge is 0.0690 e. The molecule has 0 bridgehead atoms. The predicted octanol–water partition coefficient (Wildman–Crippen LogP) is 4.57. The van der Waals surface area contributed by atoms with Gasteiger partial charge in [0.1, 0.15) is 0 Å². The summed E-state index contributed by atoms with van der Waals surface area (Å²) in [6.07, 6.45) is 3.78. The van der Waals surface area contributed by atoms with E-state index >= 15 is 0 Å². The van der Waals surface area contributed by atoms with Crippen LogP contribution in [0.1, 0.15) is 38.7 Å². The molecule has 0 amide bonds. The SMILES string of the molecule is CC1CCC(O)(Cc2cccc3ccccc23)CC1C. The van der Waals surface area contributed by atoms with E-state index in [1.54, 1.807) is 0 Å². The molecule has 106 valence electrons. The monoisotopic (exact) mass is 268 g/mol. The van der Waals surface area contributed by atoms with Gasteiger partial charge in [0.25, 0.3) is 0 Å². The lowest BCUT2D eigenvalue weighted by Gasteiger charge is -2.39. The van der Waals surface area contributed by atoms with Gasteiger partial charge in [-0.1, -0.05) is 56.3 Å². The zero-order valence-electron chi connectivity index (χ0n) is 12.5. The fourth-order valence-corrected chi connectivity index (χ4v) is 3.65. The van der Waals surface area contributed by atoms with Crippen LogP contribution in [0.25, 0.3) is 10.8 Å². The quantitative estimate of drug-likeness (QED) is 0.846. The van der Waals surface area contributed by atoms with Crippen LogP contribution in [0.2, 0.25) is 0 Å². The van der Waals surface area contributed by atoms with Crippen molar-refractivity contribution in [3.05, 3.63) is 48.0 Å². The van der Waals surface area contributed by atoms with Crippen molar-refractivity contribution in [1.82, 2.24) is 0 Å². The van der Waals surface area contributed by atoms with Gasteiger partial charge in [0, 0.05) is 6.42 Å². The lowest BCUT2D eigenvalue weighted by Crippen LogP contribution is -2.39. The van der Waals surface area contributed by atoms with Gasteiger partial charge in [-0.05, 0) is 47.4 Å². The van der Waals surface area contributed by atoms with E-state index < -0.39 is 5.60 Å². The first kappa shape index (κ1) is 13.6. The second-order valence-electron chi connectivity index (χ2n) is 6.74. The van der Waals surface area contributed by atoms with Crippen molar-refractivity contribution in [1.29, 1.82) is 0 Å². The topological polar surface area (TPSA) is 20.2 Å². The van der Waals surface area contributed by atoms with E-state index in [-0.39, 0.29) is 0 Å². The molecule has 1 saturated carbocycles. The molecular formula is C19H24O. The lowest BCUT2D eigenvalue weighted by molar-refractivity contribution is -0.0277. The van der Waals surface area contributed by atoms with Crippen molar-refractivity contribution >= 4 is 10.8 Å². The van der Waals surface area contributed by atoms with Crippen LogP contribution >= 0.6 is 0 Å². The molecule has 3 unspecified atom stereocenters. The van der Waals surface area contributed by atoms with Gasteiger partial charge in [0.2, 0.25) is 0 Å². The van der Waals surface area contributed by atoms with Gasteiger partial charge in [-0.15, -0.1) is 0 Å². The minimum Gasteiger partial charge on any atom is -0.390 e. The Hall–Kier alpha value is -1.34. The molecule has 1 fully saturated rings. The number of hydrogen-bond donors (Lipinski definition) is 1. The summed E-state index contributed by atoms with van der Waals surface area (Å²) < 4.78 is 0. The average molecular weight is 268 g/mol. The van der Waals surface area contributed by atoms with E-state index in [1.165, 1.54) is 16.3 Å². The normalized spacial score (nSPS) is 30.6. The summed E-state index contributed by atoms with van der Waals surface area (Å²) in [6.45, 7) is 4.58. The largest absolute Gasteiger partial charge is 0.390 e. The molecule has 0 spiro atoms. The molecule has 0 heterocycles. The molecule has 0 aliphatic heterocycles. The van der Waals surface area contributed by atoms with Crippen molar-refractivity contribution in [3.63, 3.8) is 0 Å². The molecule has 20 heavy (non-hydrogen) atoms. The third-order valence-corrected chi connectivity index (χ3v) is 5.14. The van der Waals surface area contributed by atoms with Gasteiger partial charge in [0.05, 0.1) is 5.60 Å². The van der Waals surface area contributed by atoms with E-state index in [0.29, 0.717) is 5.92 Å². The summed E-state index contributed by atoms with van der Waals surface area (Å²) in [7, 11) is 0. The molecule has 2 aromatic carbocycles. The number of hydrogen-bond acceptors (Lipinski definition) is 1. The minimum absolute atomic E-state index is 0.518. The zero-order valence-corrected chi connectivity index (χ0v) is 12.5. The first-order chi connectivity index (χ1) is 9.57. The molecule has 0 saturated heterocycles. The predicted molar refractivity (Wildman–Crippen MR) is 84.8 cm³/mol. The number of fused-ring (bicyclic) bond motifs is 1. The highest BCUT2D eigenvalue weighted by atomic mass is 16.3. The summed E-state index contributed by atoms with van der Waals surface area (Å²) in [6, 6.07) is 14.9. The van der Waals surface area contributed by atoms with Gasteiger partial charge in [-0.2, -0.15) is 0 Å². The van der Waals surface area contributed by atoms with Crippen LogP contribution in [-0.4, -0.2) is 10.7 Å². The summed E-state index contributed by atoms with van der Waals surface area (Å²) in [5.74, 6) is 1.35. The van der Waals surface area contributed by atoms with Crippen LogP contribution in [0.4, 0.5) is 0 Å². The Balaban J connectivity index is 1.89. The Morgan fingerprint density at radius 1 is 1.05 bits per heavy atom. The Kier molecular flexibility index (Phi) is 3.55. The molecule has 1 aliphatic rings. The average Bonchev–Trinajstić information content (AvgIpc) is 2.44. The summed E-state index contributed by atoms with van der Waals surface area (Å²) in [5, 5.41) is 13.5. The summed E-state index contributed by atoms with van der Waals surface area (Å²) in [4.78, 5) is 0. The van der Waals surface area contributed by atoms with E-state index in [9.17, 15) is 5.11 Å². The van der Waals surface area contributed by atoms with Crippen LogP contribution in [0.15, 0.2) is 42.5 Å². The summed E-state index contributed by atoms with van der Waals surface area (Å²) >= 11 is 0. The molecule has 2 aromatic rings. The summed E-state index contributed by atoms with van der Waals surface area (Å²) in [5.41, 5.74) is 0.767. The van der Waals surface area contributed by atoms with E-state index in [0.717, 1.165) is 31.6 Å². The second kappa shape index (κ2) is 5.21. The zero-order chi connectivity index (χ0) is 14.2. The maximum absolute atomic E-state index is 11.0. The molecule has 0 radical (unpaired) electrons. The molecule has 3 rings (SSSR count). The van der Waals surface area contributed by atoms with Gasteiger partial charge in [-0.25, -0.2) is 0 Å². The molecule has 3 atom stereocenters. The number of benzene rings is 2. The Morgan fingerprint density at radius 2 is 1.80 bits per heavy atom. The van der Waals surface area contributed by atoms with Crippen molar-refractivity contribution in [2.75, 3.05) is 0 Å². The molecule has 1 heteroatoms. The first-order valence-electron chi connectivity index (χ1n) is 7.76. The Morgan fingerprint density at radius 3 is 2.60 bits per heavy atom. The highest BCUT2D eigenvalue weighted by Gasteiger charge is 2.36. The van der Waals surface area contributed by atoms with Gasteiger partial charge in [0.15, 0.2) is 0 Å². The van der Waals surface area contributed by atoms with Crippen molar-refractivity contribution in [2.45, 2.75) is 45.1 Å². The van der Waals surface area contributed by atoms with Gasteiger partial charge >= 0.3 is 0 Å². The van der Waals surface area contributed by atoms with Crippen molar-refractivity contribution < 1.29 is 5.11 Å². The van der Waals surface area contributed by atoms with Crippen LogP contribution in [0, 0.1) is 11.8 Å². The van der Waals surface area contributed by atoms with Crippen LogP contribution < -0.4 is 0 Å². The maximum atomic E-state index is 11.0. The Labute approximate surface area is 121 Å². The van der Waals surface area contributed by atoms with Crippen LogP contribution in [-0.2, 0) is 6.42 Å². The fourth-order valence-electron chi connectivity index (χ4n) is 3.65. The lowest BCUT2D eigenvalue weighted by atomic mass is 9.71. The number of rotatable bonds is 2. The Bertz CT molecular complexity index is 598. The van der Waals surface area contributed by atoms with E-state index in [4.69, 9.17) is 0 Å². The van der Waals surface area contributed by atoms with Crippen molar-refractivity contribution in [2.24, 2.45) is 11.8 Å². The maximum Gasteiger partial charge on any atom is 0.0690 e. The highest BCUT2D eigenvalue weighted by molar-refractivity contribution is 5.85.